The molecule has 1 N–H and O–H groups in total. The van der Waals surface area contributed by atoms with Crippen LogP contribution in [0.3, 0.4) is 0 Å². The summed E-state index contributed by atoms with van der Waals surface area (Å²) >= 11 is 12.1. The Hall–Kier alpha value is -0.280. The highest BCUT2D eigenvalue weighted by Crippen LogP contribution is 2.25. The summed E-state index contributed by atoms with van der Waals surface area (Å²) < 4.78 is 0. The third-order valence-electron chi connectivity index (χ3n) is 3.77. The van der Waals surface area contributed by atoms with E-state index in [1.807, 2.05) is 12.1 Å². The van der Waals surface area contributed by atoms with E-state index in [0.717, 1.165) is 26.1 Å². The number of piperazine rings is 1. The molecule has 1 aromatic carbocycles. The van der Waals surface area contributed by atoms with Crippen molar-refractivity contribution < 1.29 is 0 Å². The summed E-state index contributed by atoms with van der Waals surface area (Å²) in [6.45, 7) is 9.77. The zero-order chi connectivity index (χ0) is 14.0. The first-order valence-electron chi connectivity index (χ1n) is 6.84. The van der Waals surface area contributed by atoms with Gasteiger partial charge in [-0.05, 0) is 38.0 Å². The summed E-state index contributed by atoms with van der Waals surface area (Å²) in [5.41, 5.74) is 1.40. The Morgan fingerprint density at radius 3 is 2.68 bits per heavy atom. The lowest BCUT2D eigenvalue weighted by molar-refractivity contribution is 0.0858. The maximum Gasteiger partial charge on any atom is 0.0595 e. The van der Waals surface area contributed by atoms with Crippen molar-refractivity contribution in [1.82, 2.24) is 10.2 Å². The van der Waals surface area contributed by atoms with Gasteiger partial charge < -0.3 is 5.32 Å². The van der Waals surface area contributed by atoms with E-state index in [0.29, 0.717) is 16.1 Å². The fourth-order valence-corrected chi connectivity index (χ4v) is 3.00. The number of nitrogens with zero attached hydrogens (tertiary/aromatic N) is 1. The number of rotatable bonds is 3. The largest absolute Gasteiger partial charge is 0.309 e. The molecule has 0 aliphatic carbocycles. The average Bonchev–Trinajstić information content (AvgIpc) is 2.33. The third-order valence-corrected chi connectivity index (χ3v) is 4.51. The zero-order valence-electron chi connectivity index (χ0n) is 11.8. The average molecular weight is 301 g/mol. The van der Waals surface area contributed by atoms with E-state index in [1.54, 1.807) is 0 Å². The van der Waals surface area contributed by atoms with Crippen molar-refractivity contribution in [1.29, 1.82) is 0 Å². The lowest BCUT2D eigenvalue weighted by atomic mass is 9.97. The fraction of sp³-hybridized carbons (Fsp3) is 0.600. The molecule has 106 valence electrons. The minimum atomic E-state index is 0.169. The van der Waals surface area contributed by atoms with Gasteiger partial charge in [-0.15, -0.1) is 0 Å². The number of hydrogen-bond donors (Lipinski definition) is 1. The van der Waals surface area contributed by atoms with Crippen LogP contribution in [0.5, 0.6) is 0 Å². The molecule has 1 aliphatic heterocycles. The van der Waals surface area contributed by atoms with Crippen molar-refractivity contribution in [2.24, 2.45) is 0 Å². The van der Waals surface area contributed by atoms with Crippen LogP contribution in [0.25, 0.3) is 0 Å². The number of benzene rings is 1. The van der Waals surface area contributed by atoms with E-state index in [9.17, 15) is 0 Å². The fourth-order valence-electron chi connectivity index (χ4n) is 2.68. The zero-order valence-corrected chi connectivity index (χ0v) is 13.4. The molecular weight excluding hydrogens is 279 g/mol. The molecule has 0 spiro atoms. The van der Waals surface area contributed by atoms with Gasteiger partial charge in [-0.1, -0.05) is 36.2 Å². The van der Waals surface area contributed by atoms with Crippen LogP contribution in [0.1, 0.15) is 32.8 Å². The normalized spacial score (nSPS) is 23.5. The van der Waals surface area contributed by atoms with E-state index >= 15 is 0 Å². The number of hydrogen-bond acceptors (Lipinski definition) is 2. The predicted molar refractivity (Wildman–Crippen MR) is 83.0 cm³/mol. The summed E-state index contributed by atoms with van der Waals surface area (Å²) in [6.07, 6.45) is 1.16. The molecule has 0 saturated carbocycles. The Morgan fingerprint density at radius 2 is 2.05 bits per heavy atom. The molecule has 4 heteroatoms. The lowest BCUT2D eigenvalue weighted by Crippen LogP contribution is -2.60. The minimum absolute atomic E-state index is 0.169. The second-order valence-corrected chi connectivity index (χ2v) is 6.79. The van der Waals surface area contributed by atoms with Gasteiger partial charge in [0.2, 0.25) is 0 Å². The Labute approximate surface area is 126 Å². The Bertz CT molecular complexity index is 446. The minimum Gasteiger partial charge on any atom is -0.309 e. The molecule has 0 aromatic heterocycles. The van der Waals surface area contributed by atoms with Crippen molar-refractivity contribution >= 4 is 23.2 Å². The van der Waals surface area contributed by atoms with Gasteiger partial charge in [-0.2, -0.15) is 0 Å². The van der Waals surface area contributed by atoms with Gasteiger partial charge in [0.25, 0.3) is 0 Å². The molecular formula is C15H22Cl2N2. The maximum atomic E-state index is 6.10. The first kappa shape index (κ1) is 15.1. The molecule has 1 saturated heterocycles. The molecule has 0 bridgehead atoms. The Kier molecular flexibility index (Phi) is 4.78. The second kappa shape index (κ2) is 6.01. The van der Waals surface area contributed by atoms with Crippen LogP contribution >= 0.6 is 23.2 Å². The Morgan fingerprint density at radius 1 is 1.32 bits per heavy atom. The first-order chi connectivity index (χ1) is 8.91. The smallest absolute Gasteiger partial charge is 0.0595 e. The van der Waals surface area contributed by atoms with E-state index in [4.69, 9.17) is 23.2 Å². The number of halogens is 2. The van der Waals surface area contributed by atoms with E-state index in [-0.39, 0.29) is 5.54 Å². The van der Waals surface area contributed by atoms with Crippen LogP contribution in [-0.2, 0) is 6.54 Å². The highest BCUT2D eigenvalue weighted by atomic mass is 35.5. The highest BCUT2D eigenvalue weighted by Gasteiger charge is 2.31. The molecule has 1 aromatic rings. The monoisotopic (exact) mass is 300 g/mol. The molecule has 1 heterocycles. The summed E-state index contributed by atoms with van der Waals surface area (Å²) in [5.74, 6) is 0. The first-order valence-corrected chi connectivity index (χ1v) is 7.60. The van der Waals surface area contributed by atoms with Gasteiger partial charge in [-0.3, -0.25) is 4.90 Å². The topological polar surface area (TPSA) is 15.3 Å². The van der Waals surface area contributed by atoms with Crippen molar-refractivity contribution in [3.63, 3.8) is 0 Å². The summed E-state index contributed by atoms with van der Waals surface area (Å²) in [7, 11) is 0. The van der Waals surface area contributed by atoms with Crippen LogP contribution in [0.15, 0.2) is 18.2 Å². The molecule has 1 aliphatic rings. The summed E-state index contributed by atoms with van der Waals surface area (Å²) in [4.78, 5) is 2.54. The Balaban J connectivity index is 2.12. The van der Waals surface area contributed by atoms with E-state index in [2.05, 4.69) is 37.1 Å². The van der Waals surface area contributed by atoms with Gasteiger partial charge in [0, 0.05) is 31.2 Å². The van der Waals surface area contributed by atoms with Crippen molar-refractivity contribution in [3.05, 3.63) is 33.8 Å². The third kappa shape index (κ3) is 3.85. The summed E-state index contributed by atoms with van der Waals surface area (Å²) in [5, 5.41) is 4.87. The quantitative estimate of drug-likeness (QED) is 0.909. The van der Waals surface area contributed by atoms with Crippen molar-refractivity contribution in [3.8, 4) is 0 Å². The van der Waals surface area contributed by atoms with E-state index < -0.39 is 0 Å². The van der Waals surface area contributed by atoms with Crippen LogP contribution in [0.2, 0.25) is 10.0 Å². The molecule has 1 atom stereocenters. The van der Waals surface area contributed by atoms with Crippen LogP contribution in [-0.4, -0.2) is 29.6 Å². The molecule has 1 unspecified atom stereocenters. The standard InChI is InChI=1S/C15H22Cl2N2/c1-4-12-8-18-15(2,3)10-19(12)9-11-5-6-13(16)14(17)7-11/h5-7,12,18H,4,8-10H2,1-3H3. The molecule has 2 nitrogen and oxygen atoms in total. The van der Waals surface area contributed by atoms with Gasteiger partial charge in [0.1, 0.15) is 0 Å². The summed E-state index contributed by atoms with van der Waals surface area (Å²) in [6, 6.07) is 6.51. The van der Waals surface area contributed by atoms with Crippen LogP contribution in [0, 0.1) is 0 Å². The van der Waals surface area contributed by atoms with Gasteiger partial charge >= 0.3 is 0 Å². The van der Waals surface area contributed by atoms with Gasteiger partial charge in [-0.25, -0.2) is 0 Å². The molecule has 1 fully saturated rings. The highest BCUT2D eigenvalue weighted by molar-refractivity contribution is 6.42. The molecule has 0 radical (unpaired) electrons. The second-order valence-electron chi connectivity index (χ2n) is 5.98. The van der Waals surface area contributed by atoms with Gasteiger partial charge in [0.15, 0.2) is 0 Å². The van der Waals surface area contributed by atoms with Crippen molar-refractivity contribution in [2.45, 2.75) is 45.3 Å². The predicted octanol–water partition coefficient (Wildman–Crippen LogP) is 3.96. The molecule has 0 amide bonds. The molecule has 19 heavy (non-hydrogen) atoms. The molecule has 2 rings (SSSR count). The van der Waals surface area contributed by atoms with Crippen LogP contribution < -0.4 is 5.32 Å². The number of nitrogens with one attached hydrogen (secondary N) is 1. The van der Waals surface area contributed by atoms with Gasteiger partial charge in [0.05, 0.1) is 10.0 Å². The lowest BCUT2D eigenvalue weighted by Gasteiger charge is -2.44. The van der Waals surface area contributed by atoms with Crippen molar-refractivity contribution in [2.75, 3.05) is 13.1 Å². The maximum absolute atomic E-state index is 6.10. The van der Waals surface area contributed by atoms with Crippen LogP contribution in [0.4, 0.5) is 0 Å². The van der Waals surface area contributed by atoms with E-state index in [1.165, 1.54) is 5.56 Å². The SMILES string of the molecule is CCC1CNC(C)(C)CN1Cc1ccc(Cl)c(Cl)c1.